The topological polar surface area (TPSA) is 82.3 Å². The third-order valence-electron chi connectivity index (χ3n) is 2.60. The maximum atomic E-state index is 5.74. The van der Waals surface area contributed by atoms with Crippen molar-refractivity contribution in [2.75, 3.05) is 12.5 Å². The average Bonchev–Trinajstić information content (AvgIpc) is 2.42. The van der Waals surface area contributed by atoms with Crippen LogP contribution in [0.1, 0.15) is 11.1 Å². The minimum Gasteiger partial charge on any atom is -0.439 e. The smallest absolute Gasteiger partial charge is 0.227 e. The number of hydrogen-bond acceptors (Lipinski definition) is 6. The quantitative estimate of drug-likeness (QED) is 0.632. The first-order valence-electron chi connectivity index (χ1n) is 5.78. The van der Waals surface area contributed by atoms with Crippen LogP contribution >= 0.6 is 0 Å². The Morgan fingerprint density at radius 3 is 2.89 bits per heavy atom. The Hall–Kier alpha value is -2.18. The molecule has 2 aromatic rings. The molecule has 0 amide bonds. The van der Waals surface area contributed by atoms with E-state index in [1.165, 1.54) is 6.33 Å². The van der Waals surface area contributed by atoms with Gasteiger partial charge in [-0.25, -0.2) is 15.8 Å². The van der Waals surface area contributed by atoms with Gasteiger partial charge in [0.2, 0.25) is 5.88 Å². The van der Waals surface area contributed by atoms with Crippen molar-refractivity contribution in [2.24, 2.45) is 5.84 Å². The number of hydrogen-bond donors (Lipinski definition) is 2. The van der Waals surface area contributed by atoms with E-state index >= 15 is 0 Å². The standard InChI is InChI=1S/C13H16N4O2/c1-9-12(17-14)15-8-16-13(9)19-11-5-3-4-10(6-11)7-18-2/h3-6,8H,7,14H2,1-2H3,(H,15,16,17). The number of ether oxygens (including phenoxy) is 2. The van der Waals surface area contributed by atoms with Crippen molar-refractivity contribution in [1.82, 2.24) is 9.97 Å². The number of nitrogen functional groups attached to an aromatic ring is 1. The number of nitrogens with two attached hydrogens (primary N) is 1. The number of methoxy groups -OCH3 is 1. The maximum Gasteiger partial charge on any atom is 0.227 e. The van der Waals surface area contributed by atoms with E-state index in [0.29, 0.717) is 24.1 Å². The van der Waals surface area contributed by atoms with Crippen molar-refractivity contribution in [2.45, 2.75) is 13.5 Å². The molecular weight excluding hydrogens is 244 g/mol. The van der Waals surface area contributed by atoms with E-state index in [1.54, 1.807) is 7.11 Å². The van der Waals surface area contributed by atoms with E-state index in [0.717, 1.165) is 11.1 Å². The Balaban J connectivity index is 2.23. The summed E-state index contributed by atoms with van der Waals surface area (Å²) >= 11 is 0. The van der Waals surface area contributed by atoms with Crippen LogP contribution in [-0.2, 0) is 11.3 Å². The second-order valence-corrected chi connectivity index (χ2v) is 3.98. The van der Waals surface area contributed by atoms with Gasteiger partial charge < -0.3 is 14.9 Å². The normalized spacial score (nSPS) is 10.3. The van der Waals surface area contributed by atoms with Crippen LogP contribution in [0.15, 0.2) is 30.6 Å². The first kappa shape index (κ1) is 13.3. The van der Waals surface area contributed by atoms with E-state index in [9.17, 15) is 0 Å². The minimum absolute atomic E-state index is 0.470. The van der Waals surface area contributed by atoms with Crippen LogP contribution in [-0.4, -0.2) is 17.1 Å². The van der Waals surface area contributed by atoms with Gasteiger partial charge in [-0.15, -0.1) is 0 Å². The molecule has 0 aliphatic heterocycles. The molecule has 0 atom stereocenters. The molecule has 0 spiro atoms. The lowest BCUT2D eigenvalue weighted by molar-refractivity contribution is 0.184. The van der Waals surface area contributed by atoms with Crippen LogP contribution < -0.4 is 16.0 Å². The number of anilines is 1. The molecule has 6 heteroatoms. The predicted molar refractivity (Wildman–Crippen MR) is 71.8 cm³/mol. The van der Waals surface area contributed by atoms with Crippen molar-refractivity contribution in [3.05, 3.63) is 41.7 Å². The van der Waals surface area contributed by atoms with Gasteiger partial charge >= 0.3 is 0 Å². The van der Waals surface area contributed by atoms with Crippen LogP contribution in [0.2, 0.25) is 0 Å². The minimum atomic E-state index is 0.470. The summed E-state index contributed by atoms with van der Waals surface area (Å²) in [4.78, 5) is 8.10. The number of nitrogens with one attached hydrogen (secondary N) is 1. The summed E-state index contributed by atoms with van der Waals surface area (Å²) in [5.74, 6) is 7.07. The first-order valence-corrected chi connectivity index (χ1v) is 5.78. The third-order valence-corrected chi connectivity index (χ3v) is 2.60. The Labute approximate surface area is 111 Å². The van der Waals surface area contributed by atoms with Crippen molar-refractivity contribution in [3.63, 3.8) is 0 Å². The van der Waals surface area contributed by atoms with Crippen LogP contribution in [0.25, 0.3) is 0 Å². The average molecular weight is 260 g/mol. The number of rotatable bonds is 5. The van der Waals surface area contributed by atoms with Gasteiger partial charge in [-0.3, -0.25) is 0 Å². The van der Waals surface area contributed by atoms with Crippen molar-refractivity contribution < 1.29 is 9.47 Å². The molecule has 1 aromatic heterocycles. The number of aromatic nitrogens is 2. The van der Waals surface area contributed by atoms with Gasteiger partial charge in [0.15, 0.2) is 0 Å². The van der Waals surface area contributed by atoms with Crippen LogP contribution in [0, 0.1) is 6.92 Å². The molecule has 0 saturated carbocycles. The number of nitrogens with zero attached hydrogens (tertiary/aromatic N) is 2. The Morgan fingerprint density at radius 1 is 1.32 bits per heavy atom. The summed E-state index contributed by atoms with van der Waals surface area (Å²) in [6, 6.07) is 7.63. The highest BCUT2D eigenvalue weighted by atomic mass is 16.5. The van der Waals surface area contributed by atoms with Crippen LogP contribution in [0.5, 0.6) is 11.6 Å². The second-order valence-electron chi connectivity index (χ2n) is 3.98. The molecule has 1 aromatic carbocycles. The van der Waals surface area contributed by atoms with Crippen LogP contribution in [0.4, 0.5) is 5.82 Å². The van der Waals surface area contributed by atoms with Gasteiger partial charge in [0, 0.05) is 7.11 Å². The van der Waals surface area contributed by atoms with E-state index in [1.807, 2.05) is 31.2 Å². The molecule has 0 aliphatic rings. The molecule has 6 nitrogen and oxygen atoms in total. The van der Waals surface area contributed by atoms with E-state index in [4.69, 9.17) is 15.3 Å². The molecule has 19 heavy (non-hydrogen) atoms. The molecule has 0 fully saturated rings. The monoisotopic (exact) mass is 260 g/mol. The lowest BCUT2D eigenvalue weighted by Gasteiger charge is -2.10. The zero-order valence-corrected chi connectivity index (χ0v) is 10.9. The van der Waals surface area contributed by atoms with E-state index in [2.05, 4.69) is 15.4 Å². The van der Waals surface area contributed by atoms with Gasteiger partial charge in [-0.05, 0) is 24.6 Å². The Bertz CT molecular complexity index is 560. The number of benzene rings is 1. The molecule has 100 valence electrons. The second kappa shape index (κ2) is 6.12. The molecule has 3 N–H and O–H groups in total. The molecule has 0 radical (unpaired) electrons. The predicted octanol–water partition coefficient (Wildman–Crippen LogP) is 2.01. The van der Waals surface area contributed by atoms with Crippen molar-refractivity contribution in [1.29, 1.82) is 0 Å². The fraction of sp³-hybridized carbons (Fsp3) is 0.231. The summed E-state index contributed by atoms with van der Waals surface area (Å²) < 4.78 is 10.8. The summed E-state index contributed by atoms with van der Waals surface area (Å²) in [6.45, 7) is 2.37. The summed E-state index contributed by atoms with van der Waals surface area (Å²) in [5, 5.41) is 0. The molecule has 0 unspecified atom stereocenters. The molecule has 0 saturated heterocycles. The molecule has 0 aliphatic carbocycles. The van der Waals surface area contributed by atoms with Gasteiger partial charge in [0.1, 0.15) is 17.9 Å². The summed E-state index contributed by atoms with van der Waals surface area (Å²) in [7, 11) is 1.65. The maximum absolute atomic E-state index is 5.74. The van der Waals surface area contributed by atoms with E-state index < -0.39 is 0 Å². The molecule has 0 bridgehead atoms. The largest absolute Gasteiger partial charge is 0.439 e. The third kappa shape index (κ3) is 3.18. The lowest BCUT2D eigenvalue weighted by atomic mass is 10.2. The Kier molecular flexibility index (Phi) is 4.27. The highest BCUT2D eigenvalue weighted by Gasteiger charge is 2.08. The molecular formula is C13H16N4O2. The van der Waals surface area contributed by atoms with Crippen molar-refractivity contribution >= 4 is 5.82 Å². The first-order chi connectivity index (χ1) is 9.24. The fourth-order valence-corrected chi connectivity index (χ4v) is 1.66. The van der Waals surface area contributed by atoms with Gasteiger partial charge in [-0.1, -0.05) is 12.1 Å². The lowest BCUT2D eigenvalue weighted by Crippen LogP contribution is -2.11. The molecule has 1 heterocycles. The highest BCUT2D eigenvalue weighted by Crippen LogP contribution is 2.26. The van der Waals surface area contributed by atoms with E-state index in [-0.39, 0.29) is 0 Å². The van der Waals surface area contributed by atoms with Gasteiger partial charge in [-0.2, -0.15) is 0 Å². The Morgan fingerprint density at radius 2 is 2.16 bits per heavy atom. The SMILES string of the molecule is COCc1cccc(Oc2ncnc(NN)c2C)c1. The zero-order valence-electron chi connectivity index (χ0n) is 10.9. The van der Waals surface area contributed by atoms with Crippen LogP contribution in [0.3, 0.4) is 0 Å². The van der Waals surface area contributed by atoms with Crippen molar-refractivity contribution in [3.8, 4) is 11.6 Å². The summed E-state index contributed by atoms with van der Waals surface area (Å²) in [5.41, 5.74) is 4.29. The highest BCUT2D eigenvalue weighted by molar-refractivity contribution is 5.47. The molecule has 2 rings (SSSR count). The fourth-order valence-electron chi connectivity index (χ4n) is 1.66. The summed E-state index contributed by atoms with van der Waals surface area (Å²) in [6.07, 6.45) is 1.40. The van der Waals surface area contributed by atoms with Gasteiger partial charge in [0.05, 0.1) is 12.2 Å². The zero-order chi connectivity index (χ0) is 13.7. The number of hydrazine groups is 1. The van der Waals surface area contributed by atoms with Gasteiger partial charge in [0.25, 0.3) is 0 Å².